The molecular formula is C16H31N3. The molecule has 3 nitrogen and oxygen atoms in total. The molecule has 19 heavy (non-hydrogen) atoms. The van der Waals surface area contributed by atoms with Crippen LogP contribution in [0.15, 0.2) is 0 Å². The first-order chi connectivity index (χ1) is 9.40. The molecule has 3 aliphatic rings. The van der Waals surface area contributed by atoms with Gasteiger partial charge in [-0.15, -0.1) is 0 Å². The molecule has 3 rings (SSSR count). The summed E-state index contributed by atoms with van der Waals surface area (Å²) in [6.45, 7) is 9.13. The van der Waals surface area contributed by atoms with Gasteiger partial charge in [-0.2, -0.15) is 0 Å². The van der Waals surface area contributed by atoms with E-state index in [1.807, 2.05) is 0 Å². The standard InChI is InChI=1S/C16H31N3/c1-2-5-15(6-3-1)13-18-9-11-19(12-10-18)14-16-7-4-8-17-16/h15-17H,1-14H2. The molecule has 2 aliphatic heterocycles. The van der Waals surface area contributed by atoms with E-state index >= 15 is 0 Å². The molecular weight excluding hydrogens is 234 g/mol. The summed E-state index contributed by atoms with van der Waals surface area (Å²) in [5.74, 6) is 1.01. The molecule has 3 heteroatoms. The highest BCUT2D eigenvalue weighted by molar-refractivity contribution is 4.81. The first kappa shape index (κ1) is 13.8. The quantitative estimate of drug-likeness (QED) is 0.838. The average Bonchev–Trinajstić information content (AvgIpc) is 2.95. The number of rotatable bonds is 4. The van der Waals surface area contributed by atoms with Crippen LogP contribution >= 0.6 is 0 Å². The molecule has 0 radical (unpaired) electrons. The van der Waals surface area contributed by atoms with Crippen molar-refractivity contribution in [3.63, 3.8) is 0 Å². The Kier molecular flexibility index (Phi) is 5.14. The smallest absolute Gasteiger partial charge is 0.0195 e. The van der Waals surface area contributed by atoms with Crippen molar-refractivity contribution in [3.8, 4) is 0 Å². The van der Waals surface area contributed by atoms with E-state index in [0.717, 1.165) is 12.0 Å². The van der Waals surface area contributed by atoms with Crippen LogP contribution in [-0.4, -0.2) is 61.7 Å². The summed E-state index contributed by atoms with van der Waals surface area (Å²) < 4.78 is 0. The second-order valence-corrected chi connectivity index (χ2v) is 6.90. The lowest BCUT2D eigenvalue weighted by Crippen LogP contribution is -2.50. The van der Waals surface area contributed by atoms with Crippen LogP contribution in [0.3, 0.4) is 0 Å². The predicted molar refractivity (Wildman–Crippen MR) is 80.5 cm³/mol. The molecule has 1 saturated carbocycles. The van der Waals surface area contributed by atoms with Gasteiger partial charge < -0.3 is 10.2 Å². The molecule has 1 aliphatic carbocycles. The summed E-state index contributed by atoms with van der Waals surface area (Å²) in [7, 11) is 0. The van der Waals surface area contributed by atoms with Crippen molar-refractivity contribution in [2.45, 2.75) is 51.0 Å². The van der Waals surface area contributed by atoms with Crippen LogP contribution < -0.4 is 5.32 Å². The van der Waals surface area contributed by atoms with Crippen molar-refractivity contribution in [2.75, 3.05) is 45.8 Å². The lowest BCUT2D eigenvalue weighted by molar-refractivity contribution is 0.104. The minimum Gasteiger partial charge on any atom is -0.313 e. The summed E-state index contributed by atoms with van der Waals surface area (Å²) in [6, 6.07) is 0.782. The van der Waals surface area contributed by atoms with Crippen LogP contribution in [0.2, 0.25) is 0 Å². The first-order valence-corrected chi connectivity index (χ1v) is 8.58. The molecule has 0 bridgehead atoms. The molecule has 1 unspecified atom stereocenters. The number of hydrogen-bond donors (Lipinski definition) is 1. The summed E-state index contributed by atoms with van der Waals surface area (Å²) in [5, 5.41) is 3.63. The Hall–Kier alpha value is -0.120. The first-order valence-electron chi connectivity index (χ1n) is 8.58. The van der Waals surface area contributed by atoms with Gasteiger partial charge in [-0.1, -0.05) is 19.3 Å². The molecule has 1 N–H and O–H groups in total. The van der Waals surface area contributed by atoms with Crippen molar-refractivity contribution >= 4 is 0 Å². The maximum absolute atomic E-state index is 3.63. The van der Waals surface area contributed by atoms with Gasteiger partial charge in [0.15, 0.2) is 0 Å². The third-order valence-corrected chi connectivity index (χ3v) is 5.35. The zero-order valence-corrected chi connectivity index (χ0v) is 12.4. The molecule has 2 saturated heterocycles. The fraction of sp³-hybridized carbons (Fsp3) is 1.00. The number of nitrogens with one attached hydrogen (secondary N) is 1. The summed E-state index contributed by atoms with van der Waals surface area (Å²) in [4.78, 5) is 5.41. The Balaban J connectivity index is 1.34. The lowest BCUT2D eigenvalue weighted by atomic mass is 9.89. The van der Waals surface area contributed by atoms with Gasteiger partial charge in [0.1, 0.15) is 0 Å². The zero-order valence-electron chi connectivity index (χ0n) is 12.4. The maximum Gasteiger partial charge on any atom is 0.0195 e. The minimum atomic E-state index is 0.782. The molecule has 110 valence electrons. The third-order valence-electron chi connectivity index (χ3n) is 5.35. The van der Waals surface area contributed by atoms with E-state index in [9.17, 15) is 0 Å². The largest absolute Gasteiger partial charge is 0.313 e. The van der Waals surface area contributed by atoms with E-state index < -0.39 is 0 Å². The van der Waals surface area contributed by atoms with Crippen LogP contribution in [0.4, 0.5) is 0 Å². The van der Waals surface area contributed by atoms with Crippen LogP contribution in [0.1, 0.15) is 44.9 Å². The molecule has 0 amide bonds. The Bertz CT molecular complexity index is 249. The van der Waals surface area contributed by atoms with Gasteiger partial charge >= 0.3 is 0 Å². The van der Waals surface area contributed by atoms with Crippen molar-refractivity contribution in [2.24, 2.45) is 5.92 Å². The maximum atomic E-state index is 3.63. The molecule has 0 aromatic carbocycles. The van der Waals surface area contributed by atoms with Gasteiger partial charge in [-0.3, -0.25) is 4.90 Å². The highest BCUT2D eigenvalue weighted by Gasteiger charge is 2.23. The van der Waals surface area contributed by atoms with E-state index in [0.29, 0.717) is 0 Å². The number of hydrogen-bond acceptors (Lipinski definition) is 3. The molecule has 1 atom stereocenters. The highest BCUT2D eigenvalue weighted by Crippen LogP contribution is 2.24. The van der Waals surface area contributed by atoms with Crippen molar-refractivity contribution in [3.05, 3.63) is 0 Å². The summed E-state index contributed by atoms with van der Waals surface area (Å²) in [6.07, 6.45) is 10.2. The molecule has 2 heterocycles. The van der Waals surface area contributed by atoms with Gasteiger partial charge in [0.2, 0.25) is 0 Å². The zero-order chi connectivity index (χ0) is 12.9. The van der Waals surface area contributed by atoms with Crippen LogP contribution in [-0.2, 0) is 0 Å². The Morgan fingerprint density at radius 2 is 1.42 bits per heavy atom. The molecule has 0 spiro atoms. The highest BCUT2D eigenvalue weighted by atomic mass is 15.3. The fourth-order valence-corrected chi connectivity index (χ4v) is 4.11. The Morgan fingerprint density at radius 1 is 0.737 bits per heavy atom. The van der Waals surface area contributed by atoms with Crippen LogP contribution in [0.5, 0.6) is 0 Å². The molecule has 0 aromatic rings. The van der Waals surface area contributed by atoms with E-state index in [-0.39, 0.29) is 0 Å². The van der Waals surface area contributed by atoms with Gasteiger partial charge in [-0.05, 0) is 38.1 Å². The topological polar surface area (TPSA) is 18.5 Å². The van der Waals surface area contributed by atoms with E-state index in [1.54, 1.807) is 0 Å². The van der Waals surface area contributed by atoms with Gasteiger partial charge in [0, 0.05) is 45.3 Å². The fourth-order valence-electron chi connectivity index (χ4n) is 4.11. The molecule has 0 aromatic heterocycles. The van der Waals surface area contributed by atoms with Crippen LogP contribution in [0.25, 0.3) is 0 Å². The SMILES string of the molecule is C1CCC(CN2CCN(CC3CCCN3)CC2)CC1. The van der Waals surface area contributed by atoms with Gasteiger partial charge in [0.25, 0.3) is 0 Å². The van der Waals surface area contributed by atoms with Gasteiger partial charge in [0.05, 0.1) is 0 Å². The summed E-state index contributed by atoms with van der Waals surface area (Å²) in [5.41, 5.74) is 0. The van der Waals surface area contributed by atoms with Crippen molar-refractivity contribution < 1.29 is 0 Å². The van der Waals surface area contributed by atoms with E-state index in [4.69, 9.17) is 0 Å². The monoisotopic (exact) mass is 265 g/mol. The number of nitrogens with zero attached hydrogens (tertiary/aromatic N) is 2. The van der Waals surface area contributed by atoms with E-state index in [1.165, 1.54) is 90.8 Å². The predicted octanol–water partition coefficient (Wildman–Crippen LogP) is 1.94. The normalized spacial score (nSPS) is 31.9. The minimum absolute atomic E-state index is 0.782. The lowest BCUT2D eigenvalue weighted by Gasteiger charge is -2.38. The van der Waals surface area contributed by atoms with E-state index in [2.05, 4.69) is 15.1 Å². The summed E-state index contributed by atoms with van der Waals surface area (Å²) >= 11 is 0. The number of piperazine rings is 1. The second kappa shape index (κ2) is 7.05. The van der Waals surface area contributed by atoms with Crippen molar-refractivity contribution in [1.82, 2.24) is 15.1 Å². The van der Waals surface area contributed by atoms with Gasteiger partial charge in [-0.25, -0.2) is 0 Å². The third kappa shape index (κ3) is 4.17. The molecule has 3 fully saturated rings. The average molecular weight is 265 g/mol. The Morgan fingerprint density at radius 3 is 2.05 bits per heavy atom. The second-order valence-electron chi connectivity index (χ2n) is 6.90. The van der Waals surface area contributed by atoms with Crippen LogP contribution in [0, 0.1) is 5.92 Å². The Labute approximate surface area is 118 Å². The van der Waals surface area contributed by atoms with Crippen molar-refractivity contribution in [1.29, 1.82) is 0 Å².